The highest BCUT2D eigenvalue weighted by Gasteiger charge is 2.42. The van der Waals surface area contributed by atoms with Gasteiger partial charge in [0.25, 0.3) is 0 Å². The zero-order chi connectivity index (χ0) is 15.7. The van der Waals surface area contributed by atoms with Crippen LogP contribution < -0.4 is 10.6 Å². The van der Waals surface area contributed by atoms with Crippen LogP contribution in [0.3, 0.4) is 0 Å². The van der Waals surface area contributed by atoms with Crippen molar-refractivity contribution in [2.24, 2.45) is 10.4 Å². The van der Waals surface area contributed by atoms with Crippen molar-refractivity contribution in [3.05, 3.63) is 0 Å². The Kier molecular flexibility index (Phi) is 7.54. The Morgan fingerprint density at radius 3 is 2.38 bits per heavy atom. The second-order valence-corrected chi connectivity index (χ2v) is 6.25. The minimum absolute atomic E-state index is 0.244. The van der Waals surface area contributed by atoms with E-state index in [1.807, 2.05) is 14.1 Å². The number of nitrogens with zero attached hydrogens (tertiary/aromatic N) is 2. The molecular formula is C16H32N4O. The van der Waals surface area contributed by atoms with Crippen molar-refractivity contribution < 1.29 is 4.79 Å². The highest BCUT2D eigenvalue weighted by molar-refractivity contribution is 5.85. The number of amides is 1. The summed E-state index contributed by atoms with van der Waals surface area (Å²) in [5, 5.41) is 6.68. The Balaban J connectivity index is 2.50. The van der Waals surface area contributed by atoms with Gasteiger partial charge in [-0.3, -0.25) is 9.79 Å². The molecule has 0 unspecified atom stereocenters. The largest absolute Gasteiger partial charge is 0.356 e. The molecular weight excluding hydrogens is 264 g/mol. The number of guanidine groups is 1. The number of rotatable bonds is 7. The lowest BCUT2D eigenvalue weighted by molar-refractivity contribution is -0.138. The third-order valence-electron chi connectivity index (χ3n) is 4.31. The summed E-state index contributed by atoms with van der Waals surface area (Å²) in [4.78, 5) is 18.5. The Hall–Kier alpha value is -1.26. The Bertz CT molecular complexity index is 346. The van der Waals surface area contributed by atoms with E-state index in [4.69, 9.17) is 0 Å². The summed E-state index contributed by atoms with van der Waals surface area (Å²) in [6, 6.07) is 0. The van der Waals surface area contributed by atoms with Crippen LogP contribution in [0.25, 0.3) is 0 Å². The van der Waals surface area contributed by atoms with Crippen molar-refractivity contribution in [2.75, 3.05) is 34.2 Å². The molecule has 0 aromatic carbocycles. The average molecular weight is 296 g/mol. The second-order valence-electron chi connectivity index (χ2n) is 6.25. The maximum absolute atomic E-state index is 12.5. The molecule has 0 saturated heterocycles. The van der Waals surface area contributed by atoms with Crippen LogP contribution in [-0.4, -0.2) is 51.0 Å². The van der Waals surface area contributed by atoms with E-state index in [2.05, 4.69) is 22.5 Å². The van der Waals surface area contributed by atoms with Gasteiger partial charge in [-0.05, 0) is 19.3 Å². The predicted molar refractivity (Wildman–Crippen MR) is 88.5 cm³/mol. The van der Waals surface area contributed by atoms with Gasteiger partial charge in [0.2, 0.25) is 5.91 Å². The first-order chi connectivity index (χ1) is 10.1. The number of hydrogen-bond acceptors (Lipinski definition) is 2. The van der Waals surface area contributed by atoms with E-state index in [9.17, 15) is 4.79 Å². The van der Waals surface area contributed by atoms with E-state index in [0.717, 1.165) is 44.6 Å². The van der Waals surface area contributed by atoms with Crippen molar-refractivity contribution >= 4 is 11.9 Å². The standard InChI is InChI=1S/C16H32N4O/c1-5-6-9-12-18-15(17-2)19-13-16(10-7-8-11-16)14(21)20(3)4/h5-13H2,1-4H3,(H2,17,18,19). The molecule has 0 bridgehead atoms. The molecule has 0 heterocycles. The highest BCUT2D eigenvalue weighted by atomic mass is 16.2. The number of hydrogen-bond donors (Lipinski definition) is 2. The summed E-state index contributed by atoms with van der Waals surface area (Å²) in [7, 11) is 5.48. The van der Waals surface area contributed by atoms with E-state index >= 15 is 0 Å². The number of carbonyl (C=O) groups excluding carboxylic acids is 1. The maximum Gasteiger partial charge on any atom is 0.230 e. The van der Waals surface area contributed by atoms with Gasteiger partial charge >= 0.3 is 0 Å². The lowest BCUT2D eigenvalue weighted by Crippen LogP contribution is -2.49. The lowest BCUT2D eigenvalue weighted by atomic mass is 9.84. The third-order valence-corrected chi connectivity index (χ3v) is 4.31. The first kappa shape index (κ1) is 17.8. The molecule has 0 aromatic heterocycles. The van der Waals surface area contributed by atoms with E-state index in [1.165, 1.54) is 12.8 Å². The van der Waals surface area contributed by atoms with Gasteiger partial charge < -0.3 is 15.5 Å². The normalized spacial score (nSPS) is 17.6. The fraction of sp³-hybridized carbons (Fsp3) is 0.875. The van der Waals surface area contributed by atoms with Gasteiger partial charge in [-0.2, -0.15) is 0 Å². The summed E-state index contributed by atoms with van der Waals surface area (Å²) in [5.74, 6) is 1.05. The molecule has 5 heteroatoms. The van der Waals surface area contributed by atoms with E-state index in [1.54, 1.807) is 11.9 Å². The molecule has 1 amide bonds. The van der Waals surface area contributed by atoms with Crippen LogP contribution in [0.2, 0.25) is 0 Å². The maximum atomic E-state index is 12.5. The quantitative estimate of drug-likeness (QED) is 0.429. The minimum Gasteiger partial charge on any atom is -0.356 e. The summed E-state index contributed by atoms with van der Waals surface area (Å²) in [5.41, 5.74) is -0.245. The monoisotopic (exact) mass is 296 g/mol. The fourth-order valence-corrected chi connectivity index (χ4v) is 3.05. The van der Waals surface area contributed by atoms with Gasteiger partial charge in [-0.25, -0.2) is 0 Å². The van der Waals surface area contributed by atoms with Crippen LogP contribution in [0.5, 0.6) is 0 Å². The molecule has 5 nitrogen and oxygen atoms in total. The van der Waals surface area contributed by atoms with Gasteiger partial charge in [0.05, 0.1) is 5.41 Å². The van der Waals surface area contributed by atoms with Gasteiger partial charge in [0.15, 0.2) is 5.96 Å². The van der Waals surface area contributed by atoms with E-state index in [0.29, 0.717) is 6.54 Å². The number of aliphatic imine (C=N–C) groups is 1. The smallest absolute Gasteiger partial charge is 0.230 e. The molecule has 0 aromatic rings. The van der Waals surface area contributed by atoms with Gasteiger partial charge in [-0.1, -0.05) is 32.6 Å². The first-order valence-corrected chi connectivity index (χ1v) is 8.22. The van der Waals surface area contributed by atoms with Crippen LogP contribution >= 0.6 is 0 Å². The van der Waals surface area contributed by atoms with Crippen molar-refractivity contribution in [2.45, 2.75) is 51.9 Å². The first-order valence-electron chi connectivity index (χ1n) is 8.22. The van der Waals surface area contributed by atoms with Crippen molar-refractivity contribution in [3.63, 3.8) is 0 Å². The summed E-state index contributed by atoms with van der Waals surface area (Å²) in [6.45, 7) is 3.81. The summed E-state index contributed by atoms with van der Waals surface area (Å²) < 4.78 is 0. The zero-order valence-corrected chi connectivity index (χ0v) is 14.2. The summed E-state index contributed by atoms with van der Waals surface area (Å²) in [6.07, 6.45) is 7.83. The molecule has 122 valence electrons. The minimum atomic E-state index is -0.245. The number of nitrogens with one attached hydrogen (secondary N) is 2. The molecule has 1 fully saturated rings. The van der Waals surface area contributed by atoms with Crippen molar-refractivity contribution in [3.8, 4) is 0 Å². The van der Waals surface area contributed by atoms with Crippen LogP contribution in [0.15, 0.2) is 4.99 Å². The Morgan fingerprint density at radius 2 is 1.86 bits per heavy atom. The summed E-state index contributed by atoms with van der Waals surface area (Å²) >= 11 is 0. The van der Waals surface area contributed by atoms with Crippen LogP contribution in [0.4, 0.5) is 0 Å². The highest BCUT2D eigenvalue weighted by Crippen LogP contribution is 2.38. The molecule has 1 rings (SSSR count). The van der Waals surface area contributed by atoms with Crippen LogP contribution in [-0.2, 0) is 4.79 Å². The Labute approximate surface area is 129 Å². The number of carbonyl (C=O) groups is 1. The zero-order valence-electron chi connectivity index (χ0n) is 14.2. The molecule has 1 aliphatic rings. The molecule has 0 radical (unpaired) electrons. The molecule has 1 aliphatic carbocycles. The third kappa shape index (κ3) is 5.21. The van der Waals surface area contributed by atoms with Crippen LogP contribution in [0, 0.1) is 5.41 Å². The number of unbranched alkanes of at least 4 members (excludes halogenated alkanes) is 2. The molecule has 0 atom stereocenters. The molecule has 0 spiro atoms. The molecule has 0 aliphatic heterocycles. The Morgan fingerprint density at radius 1 is 1.19 bits per heavy atom. The van der Waals surface area contributed by atoms with Gasteiger partial charge in [0, 0.05) is 34.2 Å². The van der Waals surface area contributed by atoms with Crippen LogP contribution in [0.1, 0.15) is 51.9 Å². The van der Waals surface area contributed by atoms with E-state index < -0.39 is 0 Å². The van der Waals surface area contributed by atoms with E-state index in [-0.39, 0.29) is 11.3 Å². The van der Waals surface area contributed by atoms with Gasteiger partial charge in [0.1, 0.15) is 0 Å². The molecule has 21 heavy (non-hydrogen) atoms. The van der Waals surface area contributed by atoms with Crippen molar-refractivity contribution in [1.82, 2.24) is 15.5 Å². The lowest BCUT2D eigenvalue weighted by Gasteiger charge is -2.31. The van der Waals surface area contributed by atoms with Crippen molar-refractivity contribution in [1.29, 1.82) is 0 Å². The molecule has 1 saturated carbocycles. The van der Waals surface area contributed by atoms with Gasteiger partial charge in [-0.15, -0.1) is 0 Å². The fourth-order valence-electron chi connectivity index (χ4n) is 3.05. The SMILES string of the molecule is CCCCCNC(=NC)NCC1(C(=O)N(C)C)CCCC1. The topological polar surface area (TPSA) is 56.7 Å². The predicted octanol–water partition coefficient (Wildman–Crippen LogP) is 1.99. The second kappa shape index (κ2) is 8.90. The molecule has 2 N–H and O–H groups in total. The average Bonchev–Trinajstić information content (AvgIpc) is 2.95.